The number of allylic oxidation sites excluding steroid dienone is 8. The maximum atomic E-state index is 5.11. The minimum absolute atomic E-state index is 1.07. The highest BCUT2D eigenvalue weighted by atomic mass is 16.3. The first-order valence-electron chi connectivity index (χ1n) is 10.6. The third kappa shape index (κ3) is 12.3. The van der Waals surface area contributed by atoms with Crippen molar-refractivity contribution in [3.05, 3.63) is 70.8 Å². The molecule has 0 aliphatic heterocycles. The molecule has 1 nitrogen and oxygen atoms in total. The summed E-state index contributed by atoms with van der Waals surface area (Å²) in [5, 5.41) is 0. The van der Waals surface area contributed by atoms with Crippen molar-refractivity contribution in [1.29, 1.82) is 0 Å². The monoisotopic (exact) mass is 368 g/mol. The van der Waals surface area contributed by atoms with Crippen molar-refractivity contribution in [1.82, 2.24) is 0 Å². The van der Waals surface area contributed by atoms with Crippen LogP contribution in [0.1, 0.15) is 91.5 Å². The molecule has 1 rings (SSSR count). The van der Waals surface area contributed by atoms with E-state index in [1.165, 1.54) is 66.4 Å². The molecule has 150 valence electrons. The Morgan fingerprint density at radius 1 is 0.741 bits per heavy atom. The maximum absolute atomic E-state index is 5.11. The molecule has 0 aliphatic carbocycles. The summed E-state index contributed by atoms with van der Waals surface area (Å²) in [5.74, 6) is 0. The van der Waals surface area contributed by atoms with Crippen molar-refractivity contribution in [3.8, 4) is 0 Å². The van der Waals surface area contributed by atoms with E-state index in [9.17, 15) is 0 Å². The van der Waals surface area contributed by atoms with Crippen molar-refractivity contribution in [2.75, 3.05) is 0 Å². The van der Waals surface area contributed by atoms with Crippen LogP contribution in [0, 0.1) is 0 Å². The van der Waals surface area contributed by atoms with Gasteiger partial charge in [0.25, 0.3) is 0 Å². The van der Waals surface area contributed by atoms with E-state index >= 15 is 0 Å². The lowest BCUT2D eigenvalue weighted by Gasteiger charge is -2.03. The number of hydrogen-bond donors (Lipinski definition) is 0. The first-order valence-corrected chi connectivity index (χ1v) is 10.6. The van der Waals surface area contributed by atoms with Crippen LogP contribution in [0.25, 0.3) is 0 Å². The largest absolute Gasteiger partial charge is 0.472 e. The topological polar surface area (TPSA) is 13.1 Å². The molecule has 0 bridgehead atoms. The van der Waals surface area contributed by atoms with Crippen LogP contribution >= 0.6 is 0 Å². The first-order chi connectivity index (χ1) is 13.0. The molecule has 0 fully saturated rings. The zero-order chi connectivity index (χ0) is 19.9. The number of rotatable bonds is 13. The second-order valence-corrected chi connectivity index (χ2v) is 7.84. The fourth-order valence-corrected chi connectivity index (χ4v) is 3.01. The van der Waals surface area contributed by atoms with E-state index in [1.807, 2.05) is 12.3 Å². The van der Waals surface area contributed by atoms with Crippen LogP contribution in [0.15, 0.2) is 69.6 Å². The van der Waals surface area contributed by atoms with E-state index in [4.69, 9.17) is 4.42 Å². The molecule has 0 unspecified atom stereocenters. The van der Waals surface area contributed by atoms with Crippen molar-refractivity contribution in [2.24, 2.45) is 0 Å². The molecule has 1 heterocycles. The first kappa shape index (κ1) is 23.3. The molecule has 0 N–H and O–H groups in total. The van der Waals surface area contributed by atoms with Gasteiger partial charge in [0.2, 0.25) is 0 Å². The van der Waals surface area contributed by atoms with Crippen LogP contribution in [-0.2, 0) is 6.42 Å². The minimum atomic E-state index is 1.07. The summed E-state index contributed by atoms with van der Waals surface area (Å²) in [4.78, 5) is 0. The fourth-order valence-electron chi connectivity index (χ4n) is 3.01. The van der Waals surface area contributed by atoms with E-state index in [0.29, 0.717) is 0 Å². The van der Waals surface area contributed by atoms with Gasteiger partial charge in [-0.2, -0.15) is 0 Å². The van der Waals surface area contributed by atoms with E-state index in [2.05, 4.69) is 58.9 Å². The highest BCUT2D eigenvalue weighted by Gasteiger charge is 1.95. The molecular weight excluding hydrogens is 328 g/mol. The Morgan fingerprint density at radius 3 is 1.67 bits per heavy atom. The molecule has 0 aromatic carbocycles. The van der Waals surface area contributed by atoms with Gasteiger partial charge in [-0.05, 0) is 97.1 Å². The molecule has 1 aromatic rings. The van der Waals surface area contributed by atoms with Gasteiger partial charge in [0.05, 0.1) is 12.5 Å². The lowest BCUT2D eigenvalue weighted by Crippen LogP contribution is -1.83. The number of hydrogen-bond acceptors (Lipinski definition) is 1. The Bertz CT molecular complexity index is 623. The Labute approximate surface area is 167 Å². The molecule has 0 amide bonds. The molecule has 0 radical (unpaired) electrons. The van der Waals surface area contributed by atoms with Gasteiger partial charge in [-0.25, -0.2) is 0 Å². The maximum Gasteiger partial charge on any atom is 0.0934 e. The summed E-state index contributed by atoms with van der Waals surface area (Å²) in [6, 6.07) is 2.05. The fraction of sp³-hybridized carbons (Fsp3) is 0.538. The standard InChI is InChI=1S/C26H40O/c1-6-22(2)11-7-12-23(3)13-8-14-24(4)15-9-16-25(5)17-10-18-26-19-20-27-21-26/h11,13,15,17,19-21H,6-10,12,14,16,18H2,1-5H3. The van der Waals surface area contributed by atoms with E-state index < -0.39 is 0 Å². The second kappa shape index (κ2) is 14.3. The molecule has 0 aliphatic rings. The molecule has 0 atom stereocenters. The summed E-state index contributed by atoms with van der Waals surface area (Å²) in [6.07, 6.45) is 23.6. The Balaban J connectivity index is 2.19. The average molecular weight is 369 g/mol. The normalized spacial score (nSPS) is 14.1. The Kier molecular flexibility index (Phi) is 12.3. The quantitative estimate of drug-likeness (QED) is 0.317. The van der Waals surface area contributed by atoms with Gasteiger partial charge in [-0.1, -0.05) is 53.5 Å². The van der Waals surface area contributed by atoms with E-state index in [1.54, 1.807) is 6.26 Å². The third-order valence-corrected chi connectivity index (χ3v) is 5.16. The van der Waals surface area contributed by atoms with Crippen LogP contribution in [0.5, 0.6) is 0 Å². The highest BCUT2D eigenvalue weighted by molar-refractivity contribution is 5.09. The van der Waals surface area contributed by atoms with Crippen molar-refractivity contribution in [2.45, 2.75) is 92.4 Å². The summed E-state index contributed by atoms with van der Waals surface area (Å²) < 4.78 is 5.11. The van der Waals surface area contributed by atoms with Gasteiger partial charge < -0.3 is 4.42 Å². The van der Waals surface area contributed by atoms with Gasteiger partial charge >= 0.3 is 0 Å². The third-order valence-electron chi connectivity index (χ3n) is 5.16. The predicted octanol–water partition coefficient (Wildman–Crippen LogP) is 8.75. The smallest absolute Gasteiger partial charge is 0.0934 e. The molecule has 27 heavy (non-hydrogen) atoms. The lowest BCUT2D eigenvalue weighted by molar-refractivity contribution is 0.564. The molecule has 1 aromatic heterocycles. The van der Waals surface area contributed by atoms with Crippen molar-refractivity contribution < 1.29 is 4.42 Å². The molecule has 0 saturated heterocycles. The zero-order valence-electron chi connectivity index (χ0n) is 18.3. The summed E-state index contributed by atoms with van der Waals surface area (Å²) in [5.41, 5.74) is 7.34. The summed E-state index contributed by atoms with van der Waals surface area (Å²) in [6.45, 7) is 11.2. The molecular formula is C26H40O. The van der Waals surface area contributed by atoms with Gasteiger partial charge in [-0.3, -0.25) is 0 Å². The summed E-state index contributed by atoms with van der Waals surface area (Å²) >= 11 is 0. The molecule has 1 heteroatoms. The van der Waals surface area contributed by atoms with E-state index in [-0.39, 0.29) is 0 Å². The Morgan fingerprint density at radius 2 is 1.22 bits per heavy atom. The van der Waals surface area contributed by atoms with Gasteiger partial charge in [0.15, 0.2) is 0 Å². The van der Waals surface area contributed by atoms with Crippen LogP contribution in [0.3, 0.4) is 0 Å². The summed E-state index contributed by atoms with van der Waals surface area (Å²) in [7, 11) is 0. The van der Waals surface area contributed by atoms with Crippen LogP contribution in [0.4, 0.5) is 0 Å². The van der Waals surface area contributed by atoms with Crippen LogP contribution < -0.4 is 0 Å². The average Bonchev–Trinajstić information content (AvgIpc) is 3.15. The minimum Gasteiger partial charge on any atom is -0.472 e. The molecule has 0 saturated carbocycles. The second-order valence-electron chi connectivity index (χ2n) is 7.84. The van der Waals surface area contributed by atoms with Gasteiger partial charge in [0, 0.05) is 0 Å². The highest BCUT2D eigenvalue weighted by Crippen LogP contribution is 2.14. The Hall–Kier alpha value is -1.76. The van der Waals surface area contributed by atoms with Crippen molar-refractivity contribution in [3.63, 3.8) is 0 Å². The SMILES string of the molecule is CCC(C)=CCCC(C)=CCCC(C)=CCCC(C)=CCCc1ccoc1. The van der Waals surface area contributed by atoms with Gasteiger partial charge in [0.1, 0.15) is 0 Å². The van der Waals surface area contributed by atoms with Crippen LogP contribution in [-0.4, -0.2) is 0 Å². The predicted molar refractivity (Wildman–Crippen MR) is 120 cm³/mol. The van der Waals surface area contributed by atoms with E-state index in [0.717, 1.165) is 19.3 Å². The van der Waals surface area contributed by atoms with Crippen molar-refractivity contribution >= 4 is 0 Å². The number of furan rings is 1. The van der Waals surface area contributed by atoms with Crippen LogP contribution in [0.2, 0.25) is 0 Å². The van der Waals surface area contributed by atoms with Gasteiger partial charge in [-0.15, -0.1) is 0 Å². The number of aryl methyl sites for hydroxylation is 1. The molecule has 0 spiro atoms. The lowest BCUT2D eigenvalue weighted by atomic mass is 10.0. The zero-order valence-corrected chi connectivity index (χ0v) is 18.3.